The van der Waals surface area contributed by atoms with Gasteiger partial charge >= 0.3 is 6.09 Å². The van der Waals surface area contributed by atoms with Crippen LogP contribution in [0, 0.1) is 12.8 Å². The van der Waals surface area contributed by atoms with Crippen molar-refractivity contribution in [2.75, 3.05) is 13.2 Å². The fourth-order valence-electron chi connectivity index (χ4n) is 3.99. The van der Waals surface area contributed by atoms with Gasteiger partial charge in [-0.05, 0) is 49.9 Å². The predicted molar refractivity (Wildman–Crippen MR) is 134 cm³/mol. The lowest BCUT2D eigenvalue weighted by Gasteiger charge is -2.30. The zero-order valence-corrected chi connectivity index (χ0v) is 21.7. The first kappa shape index (κ1) is 27.3. The van der Waals surface area contributed by atoms with E-state index in [0.717, 1.165) is 28.1 Å². The van der Waals surface area contributed by atoms with Crippen molar-refractivity contribution < 1.29 is 27.9 Å². The van der Waals surface area contributed by atoms with Crippen molar-refractivity contribution in [1.82, 2.24) is 19.3 Å². The van der Waals surface area contributed by atoms with Crippen LogP contribution in [0.15, 0.2) is 41.4 Å². The minimum atomic E-state index is -4.43. The lowest BCUT2D eigenvalue weighted by Crippen LogP contribution is -2.49. The highest BCUT2D eigenvalue weighted by Crippen LogP contribution is 2.26. The third-order valence-electron chi connectivity index (χ3n) is 5.60. The Labute approximate surface area is 210 Å². The Morgan fingerprint density at radius 3 is 2.47 bits per heavy atom. The van der Waals surface area contributed by atoms with Gasteiger partial charge in [-0.15, -0.1) is 0 Å². The number of carbonyl (C=O) groups excluding carboxylic acids is 2. The van der Waals surface area contributed by atoms with E-state index in [2.05, 4.69) is 15.0 Å². The second-order valence-electron chi connectivity index (χ2n) is 8.88. The van der Waals surface area contributed by atoms with Crippen LogP contribution in [0.2, 0.25) is 0 Å². The zero-order chi connectivity index (χ0) is 26.5. The van der Waals surface area contributed by atoms with Crippen LogP contribution in [-0.4, -0.2) is 63.9 Å². The molecule has 1 amide bonds. The molecular weight excluding hydrogens is 484 g/mol. The van der Waals surface area contributed by atoms with Crippen LogP contribution < -0.4 is 0 Å². The molecule has 3 rings (SSSR count). The molecule has 0 aliphatic rings. The summed E-state index contributed by atoms with van der Waals surface area (Å²) in [6, 6.07) is 6.63. The number of aliphatic hydroxyl groups excluding tert-OH is 1. The molecule has 10 nitrogen and oxygen atoms in total. The lowest BCUT2D eigenvalue weighted by atomic mass is 9.99. The number of aromatic amines is 1. The summed E-state index contributed by atoms with van der Waals surface area (Å²) in [5.74, 6) is 0.132. The average Bonchev–Trinajstić information content (AvgIpc) is 3.20. The van der Waals surface area contributed by atoms with Crippen molar-refractivity contribution in [2.45, 2.75) is 57.9 Å². The highest BCUT2D eigenvalue weighted by Gasteiger charge is 2.40. The molecule has 11 heteroatoms. The number of aryl methyl sites for hydroxylation is 1. The summed E-state index contributed by atoms with van der Waals surface area (Å²) in [4.78, 5) is 37.5. The molecule has 0 saturated carbocycles. The number of pyridine rings is 1. The zero-order valence-electron chi connectivity index (χ0n) is 20.9. The number of nitrogens with one attached hydrogen (secondary N) is 1. The molecule has 2 heterocycles. The van der Waals surface area contributed by atoms with Gasteiger partial charge in [-0.25, -0.2) is 18.2 Å². The molecule has 0 fully saturated rings. The van der Waals surface area contributed by atoms with Crippen LogP contribution in [-0.2, 0) is 26.0 Å². The van der Waals surface area contributed by atoms with Gasteiger partial charge in [-0.1, -0.05) is 26.0 Å². The Bertz CT molecular complexity index is 1320. The first-order chi connectivity index (χ1) is 17.1. The molecule has 194 valence electrons. The first-order valence-electron chi connectivity index (χ1n) is 11.8. The van der Waals surface area contributed by atoms with Gasteiger partial charge in [-0.2, -0.15) is 4.31 Å². The van der Waals surface area contributed by atoms with Crippen LogP contribution in [0.5, 0.6) is 0 Å². The van der Waals surface area contributed by atoms with Crippen LogP contribution in [0.25, 0.3) is 11.0 Å². The van der Waals surface area contributed by atoms with Crippen molar-refractivity contribution in [2.24, 2.45) is 5.92 Å². The summed E-state index contributed by atoms with van der Waals surface area (Å²) >= 11 is 0. The third-order valence-corrected chi connectivity index (χ3v) is 7.39. The molecule has 1 atom stereocenters. The maximum Gasteiger partial charge on any atom is 0.424 e. The number of rotatable bonds is 11. The molecule has 0 saturated heterocycles. The molecule has 36 heavy (non-hydrogen) atoms. The average molecular weight is 517 g/mol. The number of carbonyl (C=O) groups is 2. The predicted octanol–water partition coefficient (Wildman–Crippen LogP) is 3.37. The van der Waals surface area contributed by atoms with E-state index in [1.165, 1.54) is 12.1 Å². The van der Waals surface area contributed by atoms with E-state index in [4.69, 9.17) is 4.74 Å². The summed E-state index contributed by atoms with van der Waals surface area (Å²) < 4.78 is 32.8. The molecule has 0 aliphatic carbocycles. The van der Waals surface area contributed by atoms with Gasteiger partial charge in [0.2, 0.25) is 0 Å². The number of Topliss-reactive ketones (excluding diaryl/α,β-unsaturated/α-hetero) is 1. The normalized spacial score (nSPS) is 12.6. The number of hydrogen-bond acceptors (Lipinski definition) is 8. The summed E-state index contributed by atoms with van der Waals surface area (Å²) in [6.07, 6.45) is 0.821. The SMILES string of the molecule is CCOC(=O)N([C@@H](CC(C)C)C(=O)CCO)S(=O)(=O)c1ccc(Cc2nccc3[nH]c(C)nc23)cc1. The first-order valence-corrected chi connectivity index (χ1v) is 13.3. The highest BCUT2D eigenvalue weighted by molar-refractivity contribution is 7.89. The molecular formula is C25H32N4O6S. The topological polar surface area (TPSA) is 143 Å². The Morgan fingerprint density at radius 2 is 1.86 bits per heavy atom. The Hall–Kier alpha value is -3.31. The number of amides is 1. The quantitative estimate of drug-likeness (QED) is 0.395. The number of aliphatic hydroxyl groups is 1. The number of nitrogens with zero attached hydrogens (tertiary/aromatic N) is 3. The van der Waals surface area contributed by atoms with Crippen molar-refractivity contribution in [1.29, 1.82) is 0 Å². The van der Waals surface area contributed by atoms with Crippen LogP contribution >= 0.6 is 0 Å². The van der Waals surface area contributed by atoms with E-state index in [1.54, 1.807) is 25.3 Å². The lowest BCUT2D eigenvalue weighted by molar-refractivity contribution is -0.123. The van der Waals surface area contributed by atoms with Crippen LogP contribution in [0.3, 0.4) is 0 Å². The molecule has 2 aromatic heterocycles. The highest BCUT2D eigenvalue weighted by atomic mass is 32.2. The Balaban J connectivity index is 1.95. The smallest absolute Gasteiger partial charge is 0.424 e. The van der Waals surface area contributed by atoms with Gasteiger partial charge in [0.05, 0.1) is 29.3 Å². The van der Waals surface area contributed by atoms with Crippen molar-refractivity contribution in [3.63, 3.8) is 0 Å². The second-order valence-corrected chi connectivity index (χ2v) is 10.7. The Morgan fingerprint density at radius 1 is 1.17 bits per heavy atom. The number of aromatic nitrogens is 3. The van der Waals surface area contributed by atoms with Gasteiger partial charge in [-0.3, -0.25) is 9.78 Å². The van der Waals surface area contributed by atoms with E-state index in [9.17, 15) is 23.1 Å². The maximum atomic E-state index is 13.6. The number of fused-ring (bicyclic) bond motifs is 1. The van der Waals surface area contributed by atoms with E-state index >= 15 is 0 Å². The molecule has 0 spiro atoms. The van der Waals surface area contributed by atoms with Gasteiger partial charge in [0.1, 0.15) is 17.4 Å². The fraction of sp³-hybridized carbons (Fsp3) is 0.440. The molecule has 0 bridgehead atoms. The number of hydrogen-bond donors (Lipinski definition) is 2. The van der Waals surface area contributed by atoms with Gasteiger partial charge < -0.3 is 14.8 Å². The van der Waals surface area contributed by atoms with Crippen molar-refractivity contribution in [3.05, 3.63) is 53.6 Å². The molecule has 0 aliphatic heterocycles. The molecule has 0 unspecified atom stereocenters. The van der Waals surface area contributed by atoms with Crippen molar-refractivity contribution in [3.8, 4) is 0 Å². The summed E-state index contributed by atoms with van der Waals surface area (Å²) in [7, 11) is -4.43. The van der Waals surface area contributed by atoms with E-state index in [1.807, 2.05) is 26.8 Å². The number of sulfonamides is 1. The molecule has 0 radical (unpaired) electrons. The minimum absolute atomic E-state index is 0.0579. The monoisotopic (exact) mass is 516 g/mol. The number of ketones is 1. The molecule has 3 aromatic rings. The minimum Gasteiger partial charge on any atom is -0.449 e. The van der Waals surface area contributed by atoms with Gasteiger partial charge in [0.15, 0.2) is 5.78 Å². The van der Waals surface area contributed by atoms with Gasteiger partial charge in [0, 0.05) is 19.0 Å². The number of imidazole rings is 1. The van der Waals surface area contributed by atoms with Gasteiger partial charge in [0.25, 0.3) is 10.0 Å². The van der Waals surface area contributed by atoms with E-state index in [-0.39, 0.29) is 30.3 Å². The standard InChI is InChI=1S/C25H32N4O6S/c1-5-35-25(32)29(22(14-16(2)3)23(31)11-13-30)36(33,34)19-8-6-18(7-9-19)15-21-24-20(10-12-26-21)27-17(4)28-24/h6-10,12,16,22,30H,5,11,13-15H2,1-4H3,(H,27,28)/t22-/m0/s1. The van der Waals surface area contributed by atoms with Crippen molar-refractivity contribution >= 4 is 32.9 Å². The van der Waals surface area contributed by atoms with E-state index < -0.39 is 34.5 Å². The maximum absolute atomic E-state index is 13.6. The summed E-state index contributed by atoms with van der Waals surface area (Å²) in [5, 5.41) is 9.27. The fourth-order valence-corrected chi connectivity index (χ4v) is 5.49. The second kappa shape index (κ2) is 11.6. The summed E-state index contributed by atoms with van der Waals surface area (Å²) in [5.41, 5.74) is 3.16. The Kier molecular flexibility index (Phi) is 8.80. The van der Waals surface area contributed by atoms with Crippen LogP contribution in [0.4, 0.5) is 4.79 Å². The van der Waals surface area contributed by atoms with Crippen LogP contribution in [0.1, 0.15) is 50.7 Å². The summed E-state index contributed by atoms with van der Waals surface area (Å²) in [6.45, 7) is 6.54. The molecule has 1 aromatic carbocycles. The third kappa shape index (κ3) is 6.08. The largest absolute Gasteiger partial charge is 0.449 e. The number of H-pyrrole nitrogens is 1. The number of benzene rings is 1. The molecule has 2 N–H and O–H groups in total. The van der Waals surface area contributed by atoms with E-state index in [0.29, 0.717) is 10.7 Å². The number of ether oxygens (including phenoxy) is 1.